The van der Waals surface area contributed by atoms with E-state index in [1.165, 1.54) is 6.07 Å². The van der Waals surface area contributed by atoms with E-state index in [-0.39, 0.29) is 4.90 Å². The summed E-state index contributed by atoms with van der Waals surface area (Å²) in [5, 5.41) is 4.21. The number of nitrogens with zero attached hydrogens (tertiary/aromatic N) is 2. The lowest BCUT2D eigenvalue weighted by Gasteiger charge is -2.13. The molecule has 0 amide bonds. The highest BCUT2D eigenvalue weighted by Crippen LogP contribution is 2.27. The van der Waals surface area contributed by atoms with E-state index in [1.807, 2.05) is 13.8 Å². The maximum Gasteiger partial charge on any atom is 0.262 e. The maximum absolute atomic E-state index is 12.6. The van der Waals surface area contributed by atoms with Gasteiger partial charge in [-0.25, -0.2) is 8.42 Å². The van der Waals surface area contributed by atoms with Gasteiger partial charge in [0.2, 0.25) is 0 Å². The summed E-state index contributed by atoms with van der Waals surface area (Å²) < 4.78 is 29.5. The average Bonchev–Trinajstić information content (AvgIpc) is 2.60. The van der Waals surface area contributed by atoms with Gasteiger partial charge in [0.25, 0.3) is 10.0 Å². The van der Waals surface area contributed by atoms with E-state index in [1.54, 1.807) is 31.6 Å². The molecule has 3 N–H and O–H groups in total. The molecule has 0 fully saturated rings. The number of sulfonamides is 1. The van der Waals surface area contributed by atoms with Crippen LogP contribution in [0.1, 0.15) is 22.5 Å². The van der Waals surface area contributed by atoms with Crippen LogP contribution in [0.2, 0.25) is 0 Å². The molecule has 0 aliphatic rings. The summed E-state index contributed by atoms with van der Waals surface area (Å²) in [6.07, 6.45) is 0. The van der Waals surface area contributed by atoms with Crippen molar-refractivity contribution < 1.29 is 8.42 Å². The van der Waals surface area contributed by atoms with Crippen LogP contribution in [0.15, 0.2) is 17.0 Å². The van der Waals surface area contributed by atoms with Gasteiger partial charge in [-0.3, -0.25) is 9.40 Å². The quantitative estimate of drug-likeness (QED) is 0.849. The molecule has 0 atom stereocenters. The standard InChI is InChI=1S/C14H20N4O2S/c1-8-6-12(15)7-13(9(8)2)21(19,20)17-14-10(3)16-18(5)11(14)4/h6-7,17H,15H2,1-5H3. The molecule has 0 aliphatic carbocycles. The Morgan fingerprint density at radius 2 is 1.81 bits per heavy atom. The molecular weight excluding hydrogens is 288 g/mol. The zero-order chi connectivity index (χ0) is 15.9. The summed E-state index contributed by atoms with van der Waals surface area (Å²) in [6, 6.07) is 3.24. The Morgan fingerprint density at radius 3 is 2.33 bits per heavy atom. The molecule has 2 rings (SSSR count). The predicted molar refractivity (Wildman–Crippen MR) is 83.8 cm³/mol. The van der Waals surface area contributed by atoms with Gasteiger partial charge in [-0.2, -0.15) is 5.10 Å². The molecule has 21 heavy (non-hydrogen) atoms. The van der Waals surface area contributed by atoms with Crippen molar-refractivity contribution in [2.45, 2.75) is 32.6 Å². The number of aryl methyl sites for hydroxylation is 3. The van der Waals surface area contributed by atoms with Gasteiger partial charge >= 0.3 is 0 Å². The van der Waals surface area contributed by atoms with Crippen LogP contribution in [-0.4, -0.2) is 18.2 Å². The predicted octanol–water partition coefficient (Wildman–Crippen LogP) is 2.04. The SMILES string of the molecule is Cc1cc(N)cc(S(=O)(=O)Nc2c(C)nn(C)c2C)c1C. The molecule has 1 aromatic heterocycles. The third-order valence-corrected chi connectivity index (χ3v) is 5.15. The number of hydrogen-bond donors (Lipinski definition) is 2. The molecule has 0 aliphatic heterocycles. The third kappa shape index (κ3) is 2.73. The summed E-state index contributed by atoms with van der Waals surface area (Å²) in [5.41, 5.74) is 9.64. The maximum atomic E-state index is 12.6. The highest BCUT2D eigenvalue weighted by molar-refractivity contribution is 7.92. The Kier molecular flexibility index (Phi) is 3.71. The molecule has 0 saturated carbocycles. The Bertz CT molecular complexity index is 807. The van der Waals surface area contributed by atoms with E-state index >= 15 is 0 Å². The van der Waals surface area contributed by atoms with E-state index in [0.717, 1.165) is 11.3 Å². The first kappa shape index (κ1) is 15.4. The third-order valence-electron chi connectivity index (χ3n) is 3.68. The molecule has 0 spiro atoms. The van der Waals surface area contributed by atoms with E-state index in [2.05, 4.69) is 9.82 Å². The number of rotatable bonds is 3. The first-order valence-electron chi connectivity index (χ1n) is 6.53. The summed E-state index contributed by atoms with van der Waals surface area (Å²) in [5.74, 6) is 0. The van der Waals surface area contributed by atoms with Crippen molar-refractivity contribution in [2.24, 2.45) is 7.05 Å². The van der Waals surface area contributed by atoms with Crippen molar-refractivity contribution in [1.82, 2.24) is 9.78 Å². The van der Waals surface area contributed by atoms with E-state index in [9.17, 15) is 8.42 Å². The number of nitrogens with two attached hydrogens (primary N) is 1. The second kappa shape index (κ2) is 5.07. The van der Waals surface area contributed by atoms with Crippen LogP contribution in [0.25, 0.3) is 0 Å². The molecule has 2 aromatic rings. The minimum absolute atomic E-state index is 0.197. The van der Waals surface area contributed by atoms with E-state index in [0.29, 0.717) is 22.6 Å². The molecule has 6 nitrogen and oxygen atoms in total. The number of hydrogen-bond acceptors (Lipinski definition) is 4. The molecule has 7 heteroatoms. The van der Waals surface area contributed by atoms with Crippen LogP contribution >= 0.6 is 0 Å². The minimum atomic E-state index is -3.70. The lowest BCUT2D eigenvalue weighted by atomic mass is 10.1. The Labute approximate surface area is 125 Å². The zero-order valence-corrected chi connectivity index (χ0v) is 13.7. The molecule has 0 radical (unpaired) electrons. The number of anilines is 2. The normalized spacial score (nSPS) is 11.7. The fraction of sp³-hybridized carbons (Fsp3) is 0.357. The smallest absolute Gasteiger partial charge is 0.262 e. The number of nitrogens with one attached hydrogen (secondary N) is 1. The summed E-state index contributed by atoms with van der Waals surface area (Å²) in [6.45, 7) is 7.19. The highest BCUT2D eigenvalue weighted by atomic mass is 32.2. The lowest BCUT2D eigenvalue weighted by molar-refractivity contribution is 0.600. The van der Waals surface area contributed by atoms with Crippen LogP contribution in [0.3, 0.4) is 0 Å². The van der Waals surface area contributed by atoms with E-state index < -0.39 is 10.0 Å². The molecule has 0 unspecified atom stereocenters. The average molecular weight is 308 g/mol. The van der Waals surface area contributed by atoms with Crippen LogP contribution < -0.4 is 10.5 Å². The van der Waals surface area contributed by atoms with Gasteiger partial charge in [-0.15, -0.1) is 0 Å². The second-order valence-electron chi connectivity index (χ2n) is 5.24. The first-order chi connectivity index (χ1) is 9.63. The number of nitrogen functional groups attached to an aromatic ring is 1. The van der Waals surface area contributed by atoms with Gasteiger partial charge in [0, 0.05) is 12.7 Å². The summed E-state index contributed by atoms with van der Waals surface area (Å²) in [7, 11) is -1.93. The number of benzene rings is 1. The fourth-order valence-electron chi connectivity index (χ4n) is 2.24. The summed E-state index contributed by atoms with van der Waals surface area (Å²) in [4.78, 5) is 0.197. The Hall–Kier alpha value is -2.02. The zero-order valence-electron chi connectivity index (χ0n) is 12.9. The minimum Gasteiger partial charge on any atom is -0.399 e. The van der Waals surface area contributed by atoms with Gasteiger partial charge < -0.3 is 5.73 Å². The van der Waals surface area contributed by atoms with Crippen LogP contribution in [0.5, 0.6) is 0 Å². The van der Waals surface area contributed by atoms with Gasteiger partial charge in [0.15, 0.2) is 0 Å². The van der Waals surface area contributed by atoms with Gasteiger partial charge in [0.05, 0.1) is 22.0 Å². The van der Waals surface area contributed by atoms with Crippen LogP contribution in [0, 0.1) is 27.7 Å². The van der Waals surface area contributed by atoms with Crippen molar-refractivity contribution in [1.29, 1.82) is 0 Å². The van der Waals surface area contributed by atoms with E-state index in [4.69, 9.17) is 5.73 Å². The largest absolute Gasteiger partial charge is 0.399 e. The van der Waals surface area contributed by atoms with Crippen LogP contribution in [0.4, 0.5) is 11.4 Å². The monoisotopic (exact) mass is 308 g/mol. The molecule has 1 aromatic carbocycles. The van der Waals surface area contributed by atoms with Gasteiger partial charge in [-0.05, 0) is 51.0 Å². The van der Waals surface area contributed by atoms with Crippen LogP contribution in [-0.2, 0) is 17.1 Å². The number of aromatic nitrogens is 2. The highest BCUT2D eigenvalue weighted by Gasteiger charge is 2.22. The topological polar surface area (TPSA) is 90.0 Å². The van der Waals surface area contributed by atoms with Crippen molar-refractivity contribution in [3.05, 3.63) is 34.6 Å². The van der Waals surface area contributed by atoms with Crippen molar-refractivity contribution in [2.75, 3.05) is 10.5 Å². The van der Waals surface area contributed by atoms with Gasteiger partial charge in [0.1, 0.15) is 0 Å². The van der Waals surface area contributed by atoms with Crippen molar-refractivity contribution in [3.63, 3.8) is 0 Å². The second-order valence-corrected chi connectivity index (χ2v) is 6.89. The van der Waals surface area contributed by atoms with Crippen molar-refractivity contribution >= 4 is 21.4 Å². The molecule has 0 bridgehead atoms. The first-order valence-corrected chi connectivity index (χ1v) is 8.01. The lowest BCUT2D eigenvalue weighted by Crippen LogP contribution is -2.16. The molecular formula is C14H20N4O2S. The Morgan fingerprint density at radius 1 is 1.19 bits per heavy atom. The Balaban J connectivity index is 2.54. The molecule has 0 saturated heterocycles. The van der Waals surface area contributed by atoms with Crippen molar-refractivity contribution in [3.8, 4) is 0 Å². The van der Waals surface area contributed by atoms with Gasteiger partial charge in [-0.1, -0.05) is 0 Å². The molecule has 114 valence electrons. The fourth-order valence-corrected chi connectivity index (χ4v) is 3.77. The summed E-state index contributed by atoms with van der Waals surface area (Å²) >= 11 is 0. The molecule has 1 heterocycles.